The van der Waals surface area contributed by atoms with Crippen molar-refractivity contribution in [3.63, 3.8) is 0 Å². The number of halogens is 1. The largest absolute Gasteiger partial charge is 0.496 e. The molecule has 4 heteroatoms. The first kappa shape index (κ1) is 15.0. The average Bonchev–Trinajstić information content (AvgIpc) is 2.37. The number of Topliss-reactive ketones (excluding diaryl/α,β-unsaturated/α-hetero) is 1. The Morgan fingerprint density at radius 1 is 1.22 bits per heavy atom. The summed E-state index contributed by atoms with van der Waals surface area (Å²) in [5.74, 6) is 0.708. The molecular formula is C14H20ClNO2. The molecule has 0 bridgehead atoms. The molecule has 0 aliphatic heterocycles. The Morgan fingerprint density at radius 3 is 2.33 bits per heavy atom. The van der Waals surface area contributed by atoms with Gasteiger partial charge in [0.15, 0.2) is 5.78 Å². The zero-order chi connectivity index (χ0) is 13.9. The zero-order valence-electron chi connectivity index (χ0n) is 11.6. The second-order valence-corrected chi connectivity index (χ2v) is 4.75. The van der Waals surface area contributed by atoms with Gasteiger partial charge in [0.2, 0.25) is 0 Å². The topological polar surface area (TPSA) is 38.3 Å². The van der Waals surface area contributed by atoms with Gasteiger partial charge < -0.3 is 10.1 Å². The first-order chi connectivity index (χ1) is 8.45. The minimum Gasteiger partial charge on any atom is -0.496 e. The second-order valence-electron chi connectivity index (χ2n) is 4.37. The van der Waals surface area contributed by atoms with Crippen LogP contribution < -0.4 is 10.1 Å². The number of ketones is 1. The predicted octanol–water partition coefficient (Wildman–Crippen LogP) is 3.07. The van der Waals surface area contributed by atoms with E-state index in [4.69, 9.17) is 16.3 Å². The monoisotopic (exact) mass is 269 g/mol. The zero-order valence-corrected chi connectivity index (χ0v) is 12.4. The van der Waals surface area contributed by atoms with Crippen LogP contribution in [-0.4, -0.2) is 26.5 Å². The Labute approximate surface area is 113 Å². The molecular weight excluding hydrogens is 250 g/mol. The van der Waals surface area contributed by atoms with Crippen molar-refractivity contribution in [2.45, 2.75) is 27.2 Å². The summed E-state index contributed by atoms with van der Waals surface area (Å²) in [6.07, 6.45) is 0.437. The SMILES string of the molecule is CNCCC(=O)c1c(C)c(Cl)c(C)c(C)c1OC. The van der Waals surface area contributed by atoms with Crippen LogP contribution in [-0.2, 0) is 0 Å². The van der Waals surface area contributed by atoms with Crippen molar-refractivity contribution in [3.05, 3.63) is 27.3 Å². The van der Waals surface area contributed by atoms with Crippen LogP contribution in [0.3, 0.4) is 0 Å². The number of carbonyl (C=O) groups is 1. The molecule has 0 aliphatic rings. The fraction of sp³-hybridized carbons (Fsp3) is 0.500. The van der Waals surface area contributed by atoms with E-state index in [1.807, 2.05) is 27.8 Å². The highest BCUT2D eigenvalue weighted by Crippen LogP contribution is 2.36. The van der Waals surface area contributed by atoms with E-state index in [-0.39, 0.29) is 5.78 Å². The van der Waals surface area contributed by atoms with Crippen LogP contribution in [0.1, 0.15) is 33.5 Å². The van der Waals surface area contributed by atoms with Gasteiger partial charge in [-0.2, -0.15) is 0 Å². The van der Waals surface area contributed by atoms with Gasteiger partial charge in [-0.3, -0.25) is 4.79 Å². The van der Waals surface area contributed by atoms with Crippen molar-refractivity contribution in [2.75, 3.05) is 20.7 Å². The maximum Gasteiger partial charge on any atom is 0.168 e. The van der Waals surface area contributed by atoms with Crippen LogP contribution in [0, 0.1) is 20.8 Å². The lowest BCUT2D eigenvalue weighted by molar-refractivity contribution is 0.0979. The van der Waals surface area contributed by atoms with Gasteiger partial charge in [0.05, 0.1) is 12.7 Å². The Hall–Kier alpha value is -1.06. The summed E-state index contributed by atoms with van der Waals surface area (Å²) in [6.45, 7) is 6.37. The summed E-state index contributed by atoms with van der Waals surface area (Å²) in [4.78, 5) is 12.2. The van der Waals surface area contributed by atoms with Crippen LogP contribution in [0.15, 0.2) is 0 Å². The number of methoxy groups -OCH3 is 1. The van der Waals surface area contributed by atoms with Crippen LogP contribution in [0.4, 0.5) is 0 Å². The van der Waals surface area contributed by atoms with Crippen molar-refractivity contribution >= 4 is 17.4 Å². The number of ether oxygens (including phenoxy) is 1. The molecule has 1 rings (SSSR count). The number of hydrogen-bond acceptors (Lipinski definition) is 3. The highest BCUT2D eigenvalue weighted by molar-refractivity contribution is 6.33. The quantitative estimate of drug-likeness (QED) is 0.835. The number of hydrogen-bond donors (Lipinski definition) is 1. The van der Waals surface area contributed by atoms with Gasteiger partial charge in [0.1, 0.15) is 5.75 Å². The Bertz CT molecular complexity index is 470. The molecule has 0 aromatic heterocycles. The molecule has 0 unspecified atom stereocenters. The van der Waals surface area contributed by atoms with Crippen LogP contribution in [0.2, 0.25) is 5.02 Å². The van der Waals surface area contributed by atoms with Crippen molar-refractivity contribution in [3.8, 4) is 5.75 Å². The van der Waals surface area contributed by atoms with E-state index in [1.165, 1.54) is 0 Å². The van der Waals surface area contributed by atoms with Gasteiger partial charge in [-0.05, 0) is 44.5 Å². The maximum absolute atomic E-state index is 12.2. The lowest BCUT2D eigenvalue weighted by Gasteiger charge is -2.17. The third kappa shape index (κ3) is 2.68. The smallest absolute Gasteiger partial charge is 0.168 e. The first-order valence-corrected chi connectivity index (χ1v) is 6.34. The number of benzene rings is 1. The minimum absolute atomic E-state index is 0.0590. The van der Waals surface area contributed by atoms with E-state index in [1.54, 1.807) is 7.11 Å². The molecule has 18 heavy (non-hydrogen) atoms. The summed E-state index contributed by atoms with van der Waals surface area (Å²) in [5, 5.41) is 3.63. The van der Waals surface area contributed by atoms with E-state index >= 15 is 0 Å². The fourth-order valence-corrected chi connectivity index (χ4v) is 2.27. The summed E-state index contributed by atoms with van der Waals surface area (Å²) in [7, 11) is 3.41. The van der Waals surface area contributed by atoms with E-state index < -0.39 is 0 Å². The molecule has 0 saturated heterocycles. The molecule has 3 nitrogen and oxygen atoms in total. The Balaban J connectivity index is 3.37. The second kappa shape index (κ2) is 6.21. The van der Waals surface area contributed by atoms with Gasteiger partial charge in [-0.25, -0.2) is 0 Å². The molecule has 0 saturated carbocycles. The molecule has 0 atom stereocenters. The maximum atomic E-state index is 12.2. The molecule has 1 aromatic carbocycles. The van der Waals surface area contributed by atoms with Crippen LogP contribution >= 0.6 is 11.6 Å². The molecule has 100 valence electrons. The van der Waals surface area contributed by atoms with Crippen LogP contribution in [0.25, 0.3) is 0 Å². The van der Waals surface area contributed by atoms with Gasteiger partial charge in [-0.15, -0.1) is 0 Å². The number of nitrogens with one attached hydrogen (secondary N) is 1. The number of rotatable bonds is 5. The van der Waals surface area contributed by atoms with Crippen molar-refractivity contribution in [1.82, 2.24) is 5.32 Å². The molecule has 0 amide bonds. The number of carbonyl (C=O) groups excluding carboxylic acids is 1. The van der Waals surface area contributed by atoms with Gasteiger partial charge >= 0.3 is 0 Å². The van der Waals surface area contributed by atoms with E-state index in [9.17, 15) is 4.79 Å². The van der Waals surface area contributed by atoms with E-state index in [2.05, 4.69) is 5.32 Å². The molecule has 0 fully saturated rings. The predicted molar refractivity (Wildman–Crippen MR) is 75.1 cm³/mol. The summed E-state index contributed by atoms with van der Waals surface area (Å²) < 4.78 is 5.39. The van der Waals surface area contributed by atoms with E-state index in [0.717, 1.165) is 16.7 Å². The van der Waals surface area contributed by atoms with Crippen molar-refractivity contribution < 1.29 is 9.53 Å². The molecule has 0 heterocycles. The third-order valence-corrected chi connectivity index (χ3v) is 3.82. The highest BCUT2D eigenvalue weighted by atomic mass is 35.5. The fourth-order valence-electron chi connectivity index (χ4n) is 2.04. The van der Waals surface area contributed by atoms with Gasteiger partial charge in [0.25, 0.3) is 0 Å². The molecule has 0 aliphatic carbocycles. The van der Waals surface area contributed by atoms with E-state index in [0.29, 0.717) is 29.3 Å². The standard InChI is InChI=1S/C14H20ClNO2/c1-8-9(2)14(18-5)12(10(3)13(8)15)11(17)6-7-16-4/h16H,6-7H2,1-5H3. The molecule has 0 spiro atoms. The third-order valence-electron chi connectivity index (χ3n) is 3.25. The van der Waals surface area contributed by atoms with Crippen molar-refractivity contribution in [2.24, 2.45) is 0 Å². The normalized spacial score (nSPS) is 10.6. The van der Waals surface area contributed by atoms with Gasteiger partial charge in [0, 0.05) is 18.0 Å². The minimum atomic E-state index is 0.0590. The molecule has 1 N–H and O–H groups in total. The summed E-state index contributed by atoms with van der Waals surface area (Å²) >= 11 is 6.27. The summed E-state index contributed by atoms with van der Waals surface area (Å²) in [5.41, 5.74) is 3.32. The van der Waals surface area contributed by atoms with Crippen molar-refractivity contribution in [1.29, 1.82) is 0 Å². The van der Waals surface area contributed by atoms with Crippen LogP contribution in [0.5, 0.6) is 5.75 Å². The molecule has 1 aromatic rings. The first-order valence-electron chi connectivity index (χ1n) is 5.96. The average molecular weight is 270 g/mol. The lowest BCUT2D eigenvalue weighted by Crippen LogP contribution is -2.15. The Morgan fingerprint density at radius 2 is 1.83 bits per heavy atom. The van der Waals surface area contributed by atoms with Gasteiger partial charge in [-0.1, -0.05) is 11.6 Å². The summed E-state index contributed by atoms with van der Waals surface area (Å²) in [6, 6.07) is 0. The highest BCUT2D eigenvalue weighted by Gasteiger charge is 2.21. The Kier molecular flexibility index (Phi) is 5.17. The molecule has 0 radical (unpaired) electrons. The lowest BCUT2D eigenvalue weighted by atomic mass is 9.95.